The minimum atomic E-state index is -0.304. The number of amides is 1. The van der Waals surface area contributed by atoms with Crippen molar-refractivity contribution in [3.05, 3.63) is 60.2 Å². The maximum Gasteiger partial charge on any atom is 0.262 e. The van der Waals surface area contributed by atoms with Crippen LogP contribution in [0.5, 0.6) is 5.75 Å². The number of Topliss-reactive ketones (excluding diaryl/α,β-unsaturated/α-hetero) is 1. The topological polar surface area (TPSA) is 68.3 Å². The van der Waals surface area contributed by atoms with Crippen LogP contribution in [0.1, 0.15) is 17.3 Å². The number of ketones is 1. The van der Waals surface area contributed by atoms with E-state index in [1.54, 1.807) is 18.2 Å². The highest BCUT2D eigenvalue weighted by molar-refractivity contribution is 8.00. The van der Waals surface area contributed by atoms with Crippen molar-refractivity contribution in [2.45, 2.75) is 17.2 Å². The van der Waals surface area contributed by atoms with Crippen LogP contribution in [0.15, 0.2) is 59.6 Å². The van der Waals surface area contributed by atoms with E-state index in [2.05, 4.69) is 10.3 Å². The van der Waals surface area contributed by atoms with Crippen LogP contribution in [0.2, 0.25) is 0 Å². The lowest BCUT2D eigenvalue weighted by atomic mass is 10.1. The second kappa shape index (κ2) is 6.80. The normalized spacial score (nSPS) is 14.3. The predicted octanol–water partition coefficient (Wildman–Crippen LogP) is 3.93. The van der Waals surface area contributed by atoms with Gasteiger partial charge >= 0.3 is 0 Å². The fourth-order valence-electron chi connectivity index (χ4n) is 2.82. The number of nitrogens with zero attached hydrogens (tertiary/aromatic N) is 1. The molecule has 130 valence electrons. The third kappa shape index (κ3) is 3.28. The number of fused-ring (bicyclic) bond motifs is 2. The summed E-state index contributed by atoms with van der Waals surface area (Å²) in [6, 6.07) is 16.9. The molecular weight excluding hydrogens is 348 g/mol. The molecular formula is C20H16N2O3S. The van der Waals surface area contributed by atoms with Crippen LogP contribution in [-0.2, 0) is 4.79 Å². The molecule has 2 heterocycles. The third-order valence-corrected chi connectivity index (χ3v) is 5.17. The van der Waals surface area contributed by atoms with Crippen LogP contribution >= 0.6 is 11.8 Å². The molecule has 0 bridgehead atoms. The van der Waals surface area contributed by atoms with E-state index in [-0.39, 0.29) is 23.5 Å². The Morgan fingerprint density at radius 3 is 2.92 bits per heavy atom. The summed E-state index contributed by atoms with van der Waals surface area (Å²) in [7, 11) is 0. The Morgan fingerprint density at radius 2 is 2.04 bits per heavy atom. The number of ether oxygens (including phenoxy) is 1. The monoisotopic (exact) mass is 364 g/mol. The third-order valence-electron chi connectivity index (χ3n) is 4.14. The second-order valence-corrected chi connectivity index (χ2v) is 7.38. The highest BCUT2D eigenvalue weighted by Crippen LogP contribution is 2.31. The minimum Gasteiger partial charge on any atom is -0.482 e. The van der Waals surface area contributed by atoms with Gasteiger partial charge in [0.05, 0.1) is 21.5 Å². The summed E-state index contributed by atoms with van der Waals surface area (Å²) in [4.78, 5) is 28.8. The van der Waals surface area contributed by atoms with Crippen molar-refractivity contribution in [1.29, 1.82) is 0 Å². The zero-order valence-electron chi connectivity index (χ0n) is 14.1. The number of pyridine rings is 1. The molecule has 1 aliphatic heterocycles. The molecule has 0 spiro atoms. The summed E-state index contributed by atoms with van der Waals surface area (Å²) < 4.78 is 5.33. The Kier molecular flexibility index (Phi) is 4.34. The Labute approximate surface area is 154 Å². The molecule has 26 heavy (non-hydrogen) atoms. The Morgan fingerprint density at radius 1 is 1.19 bits per heavy atom. The zero-order valence-corrected chi connectivity index (χ0v) is 14.9. The van der Waals surface area contributed by atoms with Gasteiger partial charge in [-0.15, -0.1) is 0 Å². The Balaban J connectivity index is 1.53. The van der Waals surface area contributed by atoms with Crippen LogP contribution in [0.4, 0.5) is 5.69 Å². The largest absolute Gasteiger partial charge is 0.482 e. The smallest absolute Gasteiger partial charge is 0.262 e. The van der Waals surface area contributed by atoms with Crippen molar-refractivity contribution in [2.75, 3.05) is 11.9 Å². The van der Waals surface area contributed by atoms with Crippen LogP contribution in [0.3, 0.4) is 0 Å². The highest BCUT2D eigenvalue weighted by Gasteiger charge is 2.21. The van der Waals surface area contributed by atoms with Gasteiger partial charge in [-0.05, 0) is 37.3 Å². The number of nitrogens with one attached hydrogen (secondary N) is 1. The lowest BCUT2D eigenvalue weighted by molar-refractivity contribution is -0.118. The summed E-state index contributed by atoms with van der Waals surface area (Å²) >= 11 is 1.42. The average Bonchev–Trinajstić information content (AvgIpc) is 2.66. The first-order valence-corrected chi connectivity index (χ1v) is 9.11. The van der Waals surface area contributed by atoms with Gasteiger partial charge in [0.1, 0.15) is 5.75 Å². The molecule has 6 heteroatoms. The quantitative estimate of drug-likeness (QED) is 0.561. The number of thioether (sulfide) groups is 1. The van der Waals surface area contributed by atoms with Crippen molar-refractivity contribution < 1.29 is 14.3 Å². The van der Waals surface area contributed by atoms with Crippen LogP contribution in [-0.4, -0.2) is 28.5 Å². The van der Waals surface area contributed by atoms with Crippen LogP contribution in [0, 0.1) is 0 Å². The molecule has 0 fully saturated rings. The predicted molar refractivity (Wildman–Crippen MR) is 102 cm³/mol. The summed E-state index contributed by atoms with van der Waals surface area (Å²) in [6.45, 7) is 1.86. The van der Waals surface area contributed by atoms with Gasteiger partial charge in [0, 0.05) is 10.9 Å². The summed E-state index contributed by atoms with van der Waals surface area (Å²) in [5.74, 6) is 0.343. The van der Waals surface area contributed by atoms with E-state index in [1.165, 1.54) is 11.8 Å². The van der Waals surface area contributed by atoms with E-state index < -0.39 is 0 Å². The first kappa shape index (κ1) is 16.6. The van der Waals surface area contributed by atoms with E-state index in [0.29, 0.717) is 17.0 Å². The van der Waals surface area contributed by atoms with E-state index in [1.807, 2.05) is 43.3 Å². The van der Waals surface area contributed by atoms with Gasteiger partial charge in [0.25, 0.3) is 5.91 Å². The molecule has 0 radical (unpaired) electrons. The van der Waals surface area contributed by atoms with Crippen LogP contribution < -0.4 is 10.1 Å². The lowest BCUT2D eigenvalue weighted by Crippen LogP contribution is -2.25. The van der Waals surface area contributed by atoms with E-state index in [9.17, 15) is 9.59 Å². The van der Waals surface area contributed by atoms with Gasteiger partial charge in [0.2, 0.25) is 0 Å². The van der Waals surface area contributed by atoms with Crippen molar-refractivity contribution in [1.82, 2.24) is 4.98 Å². The Hall–Kier alpha value is -2.86. The van der Waals surface area contributed by atoms with Gasteiger partial charge < -0.3 is 10.1 Å². The Bertz CT molecular complexity index is 1020. The first-order chi connectivity index (χ1) is 12.6. The number of carbonyl (C=O) groups is 2. The van der Waals surface area contributed by atoms with Crippen molar-refractivity contribution in [2.24, 2.45) is 0 Å². The van der Waals surface area contributed by atoms with Gasteiger partial charge in [-0.3, -0.25) is 9.59 Å². The number of hydrogen-bond donors (Lipinski definition) is 1. The number of anilines is 1. The van der Waals surface area contributed by atoms with Crippen molar-refractivity contribution in [3.63, 3.8) is 0 Å². The standard InChI is InChI=1S/C20H16N2O3S/c1-12(26-19-9-7-13-4-2-3-5-15(13)22-19)20(24)14-6-8-17-16(10-14)21-18(23)11-25-17/h2-10,12H,11H2,1H3,(H,21,23)/t12-/m1/s1. The molecule has 4 rings (SSSR count). The molecule has 1 aliphatic rings. The number of rotatable bonds is 4. The molecule has 1 aromatic heterocycles. The van der Waals surface area contributed by atoms with Gasteiger partial charge in [-0.1, -0.05) is 36.0 Å². The molecule has 3 aromatic rings. The first-order valence-electron chi connectivity index (χ1n) is 8.23. The number of carbonyl (C=O) groups excluding carboxylic acids is 2. The number of benzene rings is 2. The minimum absolute atomic E-state index is 0.000179. The van der Waals surface area contributed by atoms with Gasteiger partial charge in [-0.2, -0.15) is 0 Å². The molecule has 1 N–H and O–H groups in total. The van der Waals surface area contributed by atoms with E-state index in [4.69, 9.17) is 4.74 Å². The maximum absolute atomic E-state index is 12.8. The fraction of sp³-hybridized carbons (Fsp3) is 0.150. The second-order valence-electron chi connectivity index (χ2n) is 6.01. The lowest BCUT2D eigenvalue weighted by Gasteiger charge is -2.19. The fourth-order valence-corrected chi connectivity index (χ4v) is 3.72. The highest BCUT2D eigenvalue weighted by atomic mass is 32.2. The molecule has 0 saturated carbocycles. The maximum atomic E-state index is 12.8. The average molecular weight is 364 g/mol. The van der Waals surface area contributed by atoms with Crippen molar-refractivity contribution >= 4 is 40.0 Å². The summed E-state index contributed by atoms with van der Waals surface area (Å²) in [5, 5.41) is 4.30. The molecule has 0 unspecified atom stereocenters. The summed E-state index contributed by atoms with van der Waals surface area (Å²) in [5.41, 5.74) is 1.98. The van der Waals surface area contributed by atoms with Crippen molar-refractivity contribution in [3.8, 4) is 5.75 Å². The molecule has 1 atom stereocenters. The number of para-hydroxylation sites is 1. The van der Waals surface area contributed by atoms with Gasteiger partial charge in [-0.25, -0.2) is 4.98 Å². The SMILES string of the molecule is C[C@@H](Sc1ccc2ccccc2n1)C(=O)c1ccc2c(c1)NC(=O)CO2. The molecule has 5 nitrogen and oxygen atoms in total. The molecule has 2 aromatic carbocycles. The van der Waals surface area contributed by atoms with Crippen LogP contribution in [0.25, 0.3) is 10.9 Å². The van der Waals surface area contributed by atoms with Gasteiger partial charge in [0.15, 0.2) is 12.4 Å². The molecule has 1 amide bonds. The van der Waals surface area contributed by atoms with E-state index in [0.717, 1.165) is 15.9 Å². The van der Waals surface area contributed by atoms with E-state index >= 15 is 0 Å². The molecule has 0 aliphatic carbocycles. The number of aromatic nitrogens is 1. The zero-order chi connectivity index (χ0) is 18.1. The molecule has 0 saturated heterocycles. The summed E-state index contributed by atoms with van der Waals surface area (Å²) in [6.07, 6.45) is 0. The number of hydrogen-bond acceptors (Lipinski definition) is 5.